The van der Waals surface area contributed by atoms with Crippen LogP contribution in [0.2, 0.25) is 0 Å². The minimum Gasteiger partial charge on any atom is -0.490 e. The van der Waals surface area contributed by atoms with Crippen LogP contribution in [0.4, 0.5) is 0 Å². The summed E-state index contributed by atoms with van der Waals surface area (Å²) in [5, 5.41) is 9.90. The van der Waals surface area contributed by atoms with Gasteiger partial charge in [0.2, 0.25) is 0 Å². The van der Waals surface area contributed by atoms with Gasteiger partial charge in [0, 0.05) is 24.4 Å². The first-order valence-corrected chi connectivity index (χ1v) is 7.99. The second-order valence-electron chi connectivity index (χ2n) is 5.95. The Bertz CT molecular complexity index is 868. The summed E-state index contributed by atoms with van der Waals surface area (Å²) in [5.41, 5.74) is 3.75. The van der Waals surface area contributed by atoms with Crippen LogP contribution in [-0.4, -0.2) is 27.1 Å². The predicted octanol–water partition coefficient (Wildman–Crippen LogP) is 4.03. The maximum Gasteiger partial charge on any atom is 0.303 e. The summed E-state index contributed by atoms with van der Waals surface area (Å²) >= 11 is 0. The molecule has 3 rings (SSSR count). The molecule has 0 amide bonds. The van der Waals surface area contributed by atoms with Gasteiger partial charge in [0.05, 0.1) is 11.5 Å². The fraction of sp³-hybridized carbons (Fsp3) is 0.263. The van der Waals surface area contributed by atoms with Crippen LogP contribution in [0.25, 0.3) is 22.2 Å². The Morgan fingerprint density at radius 2 is 2.04 bits per heavy atom. The molecule has 0 unspecified atom stereocenters. The molecule has 5 heteroatoms. The van der Waals surface area contributed by atoms with E-state index in [0.29, 0.717) is 6.42 Å². The van der Waals surface area contributed by atoms with Crippen LogP contribution in [0.1, 0.15) is 25.8 Å². The first-order chi connectivity index (χ1) is 11.6. The van der Waals surface area contributed by atoms with E-state index in [-0.39, 0.29) is 12.5 Å². The van der Waals surface area contributed by atoms with E-state index in [9.17, 15) is 4.79 Å². The fourth-order valence-corrected chi connectivity index (χ4v) is 2.83. The maximum atomic E-state index is 10.9. The number of carbonyl (C=O) groups is 1. The van der Waals surface area contributed by atoms with Crippen molar-refractivity contribution in [3.05, 3.63) is 48.3 Å². The van der Waals surface area contributed by atoms with Crippen LogP contribution in [0.5, 0.6) is 5.75 Å². The summed E-state index contributed by atoms with van der Waals surface area (Å²) in [6.07, 6.45) is 4.27. The van der Waals surface area contributed by atoms with E-state index in [2.05, 4.69) is 9.97 Å². The second kappa shape index (κ2) is 6.74. The molecular formula is C19H20N2O3. The Morgan fingerprint density at radius 3 is 2.79 bits per heavy atom. The number of aromatic amines is 1. The molecular weight excluding hydrogens is 304 g/mol. The van der Waals surface area contributed by atoms with Crippen molar-refractivity contribution in [3.8, 4) is 16.9 Å². The minimum atomic E-state index is -0.797. The molecule has 0 radical (unpaired) electrons. The molecule has 0 aliphatic heterocycles. The van der Waals surface area contributed by atoms with E-state index in [1.165, 1.54) is 0 Å². The zero-order valence-corrected chi connectivity index (χ0v) is 13.7. The average molecular weight is 324 g/mol. The molecule has 0 saturated carbocycles. The normalized spacial score (nSPS) is 11.1. The number of aromatic nitrogens is 2. The smallest absolute Gasteiger partial charge is 0.303 e. The quantitative estimate of drug-likeness (QED) is 0.717. The zero-order valence-electron chi connectivity index (χ0n) is 13.7. The van der Waals surface area contributed by atoms with Crippen LogP contribution in [-0.2, 0) is 11.2 Å². The number of pyridine rings is 1. The third-order valence-corrected chi connectivity index (χ3v) is 3.81. The highest BCUT2D eigenvalue weighted by molar-refractivity contribution is 5.98. The van der Waals surface area contributed by atoms with E-state index >= 15 is 0 Å². The number of H-pyrrole nitrogens is 1. The van der Waals surface area contributed by atoms with E-state index in [1.807, 2.05) is 50.4 Å². The second-order valence-corrected chi connectivity index (χ2v) is 5.95. The molecule has 2 heterocycles. The van der Waals surface area contributed by atoms with Gasteiger partial charge in [-0.15, -0.1) is 0 Å². The fourth-order valence-electron chi connectivity index (χ4n) is 2.83. The number of carboxylic acids is 1. The Hall–Kier alpha value is -2.82. The highest BCUT2D eigenvalue weighted by Gasteiger charge is 2.16. The van der Waals surface area contributed by atoms with E-state index in [0.717, 1.165) is 33.5 Å². The Balaban J connectivity index is 2.12. The summed E-state index contributed by atoms with van der Waals surface area (Å²) in [4.78, 5) is 18.5. The van der Waals surface area contributed by atoms with Crippen molar-refractivity contribution in [2.24, 2.45) is 0 Å². The zero-order chi connectivity index (χ0) is 17.1. The van der Waals surface area contributed by atoms with E-state index in [1.54, 1.807) is 6.20 Å². The molecule has 0 spiro atoms. The van der Waals surface area contributed by atoms with Crippen molar-refractivity contribution in [1.82, 2.24) is 9.97 Å². The van der Waals surface area contributed by atoms with Gasteiger partial charge in [0.15, 0.2) is 0 Å². The molecule has 2 N–H and O–H groups in total. The SMILES string of the molecule is CC(C)Oc1ccnc2[nH]cc(-c3ccccc3CCC(=O)O)c12. The molecule has 0 atom stereocenters. The topological polar surface area (TPSA) is 75.2 Å². The van der Waals surface area contributed by atoms with Crippen LogP contribution in [0.3, 0.4) is 0 Å². The predicted molar refractivity (Wildman–Crippen MR) is 93.3 cm³/mol. The summed E-state index contributed by atoms with van der Waals surface area (Å²) < 4.78 is 5.93. The van der Waals surface area contributed by atoms with Crippen molar-refractivity contribution >= 4 is 17.0 Å². The summed E-state index contributed by atoms with van der Waals surface area (Å²) in [7, 11) is 0. The van der Waals surface area contributed by atoms with Crippen molar-refractivity contribution in [2.45, 2.75) is 32.8 Å². The minimum absolute atomic E-state index is 0.0561. The number of rotatable bonds is 6. The Kier molecular flexibility index (Phi) is 4.51. The number of hydrogen-bond acceptors (Lipinski definition) is 3. The first kappa shape index (κ1) is 16.1. The lowest BCUT2D eigenvalue weighted by molar-refractivity contribution is -0.136. The van der Waals surface area contributed by atoms with Gasteiger partial charge in [-0.1, -0.05) is 24.3 Å². The standard InChI is InChI=1S/C19H20N2O3/c1-12(2)24-16-9-10-20-19-18(16)15(11-21-19)14-6-4-3-5-13(14)7-8-17(22)23/h3-6,9-12H,7-8H2,1-2H3,(H,20,21)(H,22,23). The maximum absolute atomic E-state index is 10.9. The molecule has 3 aromatic rings. The lowest BCUT2D eigenvalue weighted by Crippen LogP contribution is -2.06. The number of carboxylic acid groups (broad SMARTS) is 1. The molecule has 124 valence electrons. The molecule has 5 nitrogen and oxygen atoms in total. The number of aryl methyl sites for hydroxylation is 1. The van der Waals surface area contributed by atoms with Gasteiger partial charge < -0.3 is 14.8 Å². The van der Waals surface area contributed by atoms with Crippen LogP contribution >= 0.6 is 0 Å². The lowest BCUT2D eigenvalue weighted by Gasteiger charge is -2.13. The molecule has 0 aliphatic carbocycles. The Morgan fingerprint density at radius 1 is 1.25 bits per heavy atom. The third-order valence-electron chi connectivity index (χ3n) is 3.81. The number of aliphatic carboxylic acids is 1. The van der Waals surface area contributed by atoms with Gasteiger partial charge in [0.1, 0.15) is 11.4 Å². The van der Waals surface area contributed by atoms with Crippen molar-refractivity contribution in [1.29, 1.82) is 0 Å². The molecule has 0 saturated heterocycles. The highest BCUT2D eigenvalue weighted by Crippen LogP contribution is 2.36. The third kappa shape index (κ3) is 3.25. The van der Waals surface area contributed by atoms with Gasteiger partial charge in [-0.2, -0.15) is 0 Å². The largest absolute Gasteiger partial charge is 0.490 e. The van der Waals surface area contributed by atoms with Gasteiger partial charge in [-0.05, 0) is 37.5 Å². The van der Waals surface area contributed by atoms with Gasteiger partial charge in [-0.25, -0.2) is 4.98 Å². The van der Waals surface area contributed by atoms with E-state index < -0.39 is 5.97 Å². The average Bonchev–Trinajstić information content (AvgIpc) is 2.97. The van der Waals surface area contributed by atoms with Gasteiger partial charge >= 0.3 is 5.97 Å². The number of hydrogen-bond donors (Lipinski definition) is 2. The Labute approximate surface area is 140 Å². The molecule has 0 fully saturated rings. The number of ether oxygens (including phenoxy) is 1. The monoisotopic (exact) mass is 324 g/mol. The van der Waals surface area contributed by atoms with Crippen LogP contribution in [0, 0.1) is 0 Å². The van der Waals surface area contributed by atoms with E-state index in [4.69, 9.17) is 9.84 Å². The molecule has 0 aliphatic rings. The molecule has 0 bridgehead atoms. The summed E-state index contributed by atoms with van der Waals surface area (Å²) in [6, 6.07) is 9.72. The van der Waals surface area contributed by atoms with Crippen LogP contribution < -0.4 is 4.74 Å². The molecule has 24 heavy (non-hydrogen) atoms. The summed E-state index contributed by atoms with van der Waals surface area (Å²) in [5.74, 6) is -0.0199. The lowest BCUT2D eigenvalue weighted by atomic mass is 9.96. The number of nitrogens with zero attached hydrogens (tertiary/aromatic N) is 1. The molecule has 1 aromatic carbocycles. The van der Waals surface area contributed by atoms with Crippen molar-refractivity contribution < 1.29 is 14.6 Å². The number of benzene rings is 1. The first-order valence-electron chi connectivity index (χ1n) is 7.99. The van der Waals surface area contributed by atoms with Crippen LogP contribution in [0.15, 0.2) is 42.7 Å². The van der Waals surface area contributed by atoms with Gasteiger partial charge in [0.25, 0.3) is 0 Å². The number of fused-ring (bicyclic) bond motifs is 1. The summed E-state index contributed by atoms with van der Waals surface area (Å²) in [6.45, 7) is 3.97. The highest BCUT2D eigenvalue weighted by atomic mass is 16.5. The van der Waals surface area contributed by atoms with Crippen molar-refractivity contribution in [2.75, 3.05) is 0 Å². The number of nitrogens with one attached hydrogen (secondary N) is 1. The molecule has 2 aromatic heterocycles. The van der Waals surface area contributed by atoms with Gasteiger partial charge in [-0.3, -0.25) is 4.79 Å². The van der Waals surface area contributed by atoms with Crippen molar-refractivity contribution in [3.63, 3.8) is 0 Å².